The van der Waals surface area contributed by atoms with Crippen molar-refractivity contribution in [1.82, 2.24) is 19.6 Å². The summed E-state index contributed by atoms with van der Waals surface area (Å²) in [6, 6.07) is 10.5. The molecule has 31 heavy (non-hydrogen) atoms. The second-order valence-electron chi connectivity index (χ2n) is 6.52. The fraction of sp³-hybridized carbons (Fsp3) is 0.238. The molecule has 0 spiro atoms. The van der Waals surface area contributed by atoms with Crippen LogP contribution in [0.4, 0.5) is 0 Å². The Morgan fingerprint density at radius 1 is 1.03 bits per heavy atom. The summed E-state index contributed by atoms with van der Waals surface area (Å²) >= 11 is 1.30. The van der Waals surface area contributed by atoms with Crippen LogP contribution in [0.25, 0.3) is 17.1 Å². The monoisotopic (exact) mass is 440 g/mol. The Morgan fingerprint density at radius 2 is 1.77 bits per heavy atom. The minimum atomic E-state index is -0.123. The van der Waals surface area contributed by atoms with Gasteiger partial charge in [0.15, 0.2) is 11.5 Å². The number of pyridine rings is 1. The van der Waals surface area contributed by atoms with Crippen molar-refractivity contribution in [2.75, 3.05) is 21.3 Å². The molecule has 10 heteroatoms. The van der Waals surface area contributed by atoms with Crippen molar-refractivity contribution in [2.24, 2.45) is 0 Å². The smallest absolute Gasteiger partial charge is 0.277 e. The van der Waals surface area contributed by atoms with Gasteiger partial charge in [0.2, 0.25) is 11.6 Å². The van der Waals surface area contributed by atoms with E-state index in [0.717, 1.165) is 5.69 Å². The Kier molecular flexibility index (Phi) is 5.81. The van der Waals surface area contributed by atoms with Gasteiger partial charge in [0.05, 0.1) is 27.0 Å². The number of benzene rings is 1. The van der Waals surface area contributed by atoms with E-state index in [0.29, 0.717) is 51.0 Å². The third-order valence-corrected chi connectivity index (χ3v) is 5.45. The van der Waals surface area contributed by atoms with E-state index < -0.39 is 0 Å². The van der Waals surface area contributed by atoms with Crippen molar-refractivity contribution < 1.29 is 18.6 Å². The van der Waals surface area contributed by atoms with Gasteiger partial charge >= 0.3 is 0 Å². The highest BCUT2D eigenvalue weighted by atomic mass is 32.2. The zero-order valence-corrected chi connectivity index (χ0v) is 18.2. The van der Waals surface area contributed by atoms with Crippen LogP contribution in [0.5, 0.6) is 17.2 Å². The molecule has 0 aliphatic carbocycles. The quantitative estimate of drug-likeness (QED) is 0.400. The molecule has 0 N–H and O–H groups in total. The predicted molar refractivity (Wildman–Crippen MR) is 115 cm³/mol. The van der Waals surface area contributed by atoms with E-state index >= 15 is 0 Å². The maximum Gasteiger partial charge on any atom is 0.277 e. The number of hydrogen-bond acceptors (Lipinski definition) is 9. The minimum Gasteiger partial charge on any atom is -0.493 e. The summed E-state index contributed by atoms with van der Waals surface area (Å²) in [5.41, 5.74) is 2.58. The van der Waals surface area contributed by atoms with Gasteiger partial charge in [-0.15, -0.1) is 10.2 Å². The number of fused-ring (bicyclic) bond motifs is 1. The highest BCUT2D eigenvalue weighted by Gasteiger charge is 2.18. The number of aryl methyl sites for hydroxylation is 1. The maximum absolute atomic E-state index is 12.4. The largest absolute Gasteiger partial charge is 0.493 e. The van der Waals surface area contributed by atoms with Gasteiger partial charge in [0.1, 0.15) is 5.65 Å². The number of methoxy groups -OCH3 is 3. The van der Waals surface area contributed by atoms with Gasteiger partial charge in [0, 0.05) is 23.1 Å². The van der Waals surface area contributed by atoms with Crippen molar-refractivity contribution in [3.8, 4) is 28.7 Å². The normalized spacial score (nSPS) is 11.0. The summed E-state index contributed by atoms with van der Waals surface area (Å²) in [7, 11) is 4.61. The molecule has 0 fully saturated rings. The van der Waals surface area contributed by atoms with E-state index in [9.17, 15) is 4.79 Å². The van der Waals surface area contributed by atoms with E-state index in [1.54, 1.807) is 22.6 Å². The van der Waals surface area contributed by atoms with E-state index in [2.05, 4.69) is 15.2 Å². The first-order chi connectivity index (χ1) is 15.0. The average molecular weight is 440 g/mol. The first-order valence-corrected chi connectivity index (χ1v) is 10.3. The van der Waals surface area contributed by atoms with Crippen molar-refractivity contribution in [3.05, 3.63) is 58.1 Å². The van der Waals surface area contributed by atoms with E-state index in [-0.39, 0.29) is 5.56 Å². The molecular weight excluding hydrogens is 420 g/mol. The molecule has 0 unspecified atom stereocenters. The number of hydrogen-bond donors (Lipinski definition) is 0. The van der Waals surface area contributed by atoms with Gasteiger partial charge in [-0.25, -0.2) is 4.98 Å². The molecule has 0 bridgehead atoms. The molecule has 0 saturated carbocycles. The number of ether oxygens (including phenoxy) is 3. The molecule has 3 heterocycles. The summed E-state index contributed by atoms with van der Waals surface area (Å²) in [6.45, 7) is 1.87. The Hall–Kier alpha value is -3.53. The van der Waals surface area contributed by atoms with Crippen molar-refractivity contribution >= 4 is 17.4 Å². The summed E-state index contributed by atoms with van der Waals surface area (Å²) in [6.07, 6.45) is 0. The lowest BCUT2D eigenvalue weighted by molar-refractivity contribution is 0.324. The van der Waals surface area contributed by atoms with Crippen LogP contribution in [-0.2, 0) is 5.75 Å². The Labute approximate surface area is 182 Å². The third kappa shape index (κ3) is 4.06. The molecule has 0 atom stereocenters. The fourth-order valence-electron chi connectivity index (χ4n) is 3.16. The number of nitrogens with zero attached hydrogens (tertiary/aromatic N) is 4. The molecule has 0 amide bonds. The Morgan fingerprint density at radius 3 is 2.45 bits per heavy atom. The van der Waals surface area contributed by atoms with Crippen LogP contribution < -0.4 is 19.8 Å². The van der Waals surface area contributed by atoms with Crippen LogP contribution in [-0.4, -0.2) is 40.9 Å². The van der Waals surface area contributed by atoms with E-state index in [4.69, 9.17) is 18.6 Å². The summed E-state index contributed by atoms with van der Waals surface area (Å²) < 4.78 is 23.4. The highest BCUT2D eigenvalue weighted by molar-refractivity contribution is 7.98. The molecule has 0 aliphatic rings. The number of rotatable bonds is 7. The van der Waals surface area contributed by atoms with Crippen molar-refractivity contribution in [3.63, 3.8) is 0 Å². The standard InChI is InChI=1S/C21H20N4O5S/c1-12-6-5-7-17-22-14(10-18(26)25(12)17)11-31-21-24-23-20(30-21)13-8-15(27-2)19(29-4)16(9-13)28-3/h5-10H,11H2,1-4H3. The van der Waals surface area contributed by atoms with Gasteiger partial charge in [-0.2, -0.15) is 0 Å². The Bertz CT molecular complexity index is 1280. The molecule has 4 aromatic rings. The lowest BCUT2D eigenvalue weighted by Crippen LogP contribution is -2.17. The molecule has 4 rings (SSSR count). The molecular formula is C21H20N4O5S. The lowest BCUT2D eigenvalue weighted by Gasteiger charge is -2.12. The summed E-state index contributed by atoms with van der Waals surface area (Å²) in [5.74, 6) is 2.17. The number of aromatic nitrogens is 4. The second kappa shape index (κ2) is 8.68. The van der Waals surface area contributed by atoms with Gasteiger partial charge in [-0.1, -0.05) is 17.8 Å². The topological polar surface area (TPSA) is 101 Å². The van der Waals surface area contributed by atoms with Gasteiger partial charge in [0.25, 0.3) is 10.8 Å². The molecule has 0 radical (unpaired) electrons. The van der Waals surface area contributed by atoms with Gasteiger partial charge in [-0.3, -0.25) is 9.20 Å². The molecule has 3 aromatic heterocycles. The van der Waals surface area contributed by atoms with Crippen molar-refractivity contribution in [1.29, 1.82) is 0 Å². The zero-order valence-electron chi connectivity index (χ0n) is 17.4. The van der Waals surface area contributed by atoms with E-state index in [1.165, 1.54) is 39.2 Å². The fourth-order valence-corrected chi connectivity index (χ4v) is 3.82. The molecule has 0 aliphatic heterocycles. The lowest BCUT2D eigenvalue weighted by atomic mass is 10.2. The minimum absolute atomic E-state index is 0.123. The summed E-state index contributed by atoms with van der Waals surface area (Å²) in [4.78, 5) is 17.0. The van der Waals surface area contributed by atoms with Crippen LogP contribution in [0.3, 0.4) is 0 Å². The van der Waals surface area contributed by atoms with Crippen LogP contribution in [0.15, 0.2) is 50.8 Å². The van der Waals surface area contributed by atoms with Crippen LogP contribution >= 0.6 is 11.8 Å². The SMILES string of the molecule is COc1cc(-c2nnc(SCc3cc(=O)n4c(C)cccc4n3)o2)cc(OC)c1OC. The highest BCUT2D eigenvalue weighted by Crippen LogP contribution is 2.41. The first-order valence-electron chi connectivity index (χ1n) is 9.29. The predicted octanol–water partition coefficient (Wildman–Crippen LogP) is 3.37. The van der Waals surface area contributed by atoms with Gasteiger partial charge < -0.3 is 18.6 Å². The van der Waals surface area contributed by atoms with Crippen molar-refractivity contribution in [2.45, 2.75) is 17.9 Å². The maximum atomic E-state index is 12.4. The zero-order chi connectivity index (χ0) is 22.0. The molecule has 9 nitrogen and oxygen atoms in total. The van der Waals surface area contributed by atoms with Gasteiger partial charge in [-0.05, 0) is 31.2 Å². The third-order valence-electron chi connectivity index (χ3n) is 4.59. The van der Waals surface area contributed by atoms with Crippen LogP contribution in [0.1, 0.15) is 11.4 Å². The van der Waals surface area contributed by atoms with Crippen LogP contribution in [0.2, 0.25) is 0 Å². The molecule has 160 valence electrons. The molecule has 1 aromatic carbocycles. The first kappa shape index (κ1) is 20.7. The second-order valence-corrected chi connectivity index (χ2v) is 7.45. The molecule has 0 saturated heterocycles. The summed E-state index contributed by atoms with van der Waals surface area (Å²) in [5, 5.41) is 8.55. The van der Waals surface area contributed by atoms with E-state index in [1.807, 2.05) is 19.1 Å². The average Bonchev–Trinajstić information content (AvgIpc) is 3.25. The number of thioether (sulfide) groups is 1. The Balaban J connectivity index is 1.57. The van der Waals surface area contributed by atoms with Crippen LogP contribution in [0, 0.1) is 6.92 Å².